The van der Waals surface area contributed by atoms with Crippen molar-refractivity contribution < 1.29 is 19.0 Å². The average Bonchev–Trinajstić information content (AvgIpc) is 3.29. The molecular formula is C23H33ClFN4O4P. The average molecular weight is 515 g/mol. The maximum atomic E-state index is 14.0. The molecule has 0 spiro atoms. The van der Waals surface area contributed by atoms with Crippen LogP contribution in [0.2, 0.25) is 5.02 Å². The highest BCUT2D eigenvalue weighted by Gasteiger charge is 2.24. The normalized spacial score (nSPS) is 13.5. The summed E-state index contributed by atoms with van der Waals surface area (Å²) in [6.07, 6.45) is 2.11. The molecule has 11 heteroatoms. The minimum atomic E-state index is -1.24. The molecule has 2 heterocycles. The van der Waals surface area contributed by atoms with Crippen molar-refractivity contribution in [3.63, 3.8) is 0 Å². The molecule has 1 fully saturated rings. The molecule has 2 aromatic rings. The van der Waals surface area contributed by atoms with Gasteiger partial charge in [-0.15, -0.1) is 9.24 Å². The second kappa shape index (κ2) is 12.0. The van der Waals surface area contributed by atoms with E-state index in [1.807, 2.05) is 13.8 Å². The van der Waals surface area contributed by atoms with Crippen LogP contribution in [0.3, 0.4) is 0 Å². The Hall–Kier alpha value is -2.22. The first-order valence-electron chi connectivity index (χ1n) is 11.0. The summed E-state index contributed by atoms with van der Waals surface area (Å²) >= 11 is 6.22. The SMILES string of the molecule is CC(C)n1c(N2CCCC2)nc(OCc2ccc(P)cc2F)c(Cl)c1=O.CNC(=O)C(C)(C)O. The standard InChI is InChI=1S/C18H22ClFN3O2P.C5H11NO2/c1-11(2)23-17(24)15(19)16(21-18(23)22-7-3-4-8-22)25-10-12-5-6-13(26)9-14(12)20;1-5(2,8)4(7)6-3/h5-6,9,11H,3-4,7-8,10,26H2,1-2H3;8H,1-3H3,(H,6,7). The largest absolute Gasteiger partial charge is 0.471 e. The third kappa shape index (κ3) is 7.14. The fourth-order valence-corrected chi connectivity index (χ4v) is 3.75. The van der Waals surface area contributed by atoms with Crippen LogP contribution in [0.4, 0.5) is 10.3 Å². The fraction of sp³-hybridized carbons (Fsp3) is 0.522. The van der Waals surface area contributed by atoms with Crippen molar-refractivity contribution in [3.05, 3.63) is 45.0 Å². The zero-order chi connectivity index (χ0) is 25.6. The smallest absolute Gasteiger partial charge is 0.277 e. The number of amides is 1. The van der Waals surface area contributed by atoms with Gasteiger partial charge in [0.2, 0.25) is 11.8 Å². The molecule has 1 saturated heterocycles. The van der Waals surface area contributed by atoms with E-state index in [0.717, 1.165) is 31.2 Å². The number of carbonyl (C=O) groups is 1. The van der Waals surface area contributed by atoms with Crippen LogP contribution in [0.5, 0.6) is 5.88 Å². The summed E-state index contributed by atoms with van der Waals surface area (Å²) in [5.74, 6) is -0.131. The maximum absolute atomic E-state index is 14.0. The predicted molar refractivity (Wildman–Crippen MR) is 136 cm³/mol. The Kier molecular flexibility index (Phi) is 9.85. The first-order chi connectivity index (χ1) is 15.9. The van der Waals surface area contributed by atoms with E-state index in [2.05, 4.69) is 24.4 Å². The van der Waals surface area contributed by atoms with Crippen molar-refractivity contribution in [2.45, 2.75) is 58.8 Å². The monoisotopic (exact) mass is 514 g/mol. The Balaban J connectivity index is 0.000000440. The van der Waals surface area contributed by atoms with E-state index in [9.17, 15) is 14.0 Å². The number of nitrogens with zero attached hydrogens (tertiary/aromatic N) is 3. The first-order valence-corrected chi connectivity index (χ1v) is 12.0. The summed E-state index contributed by atoms with van der Waals surface area (Å²) in [6, 6.07) is 4.74. The van der Waals surface area contributed by atoms with Crippen LogP contribution in [0, 0.1) is 5.82 Å². The molecule has 1 aromatic heterocycles. The Morgan fingerprint density at radius 1 is 1.35 bits per heavy atom. The number of anilines is 1. The van der Waals surface area contributed by atoms with Crippen LogP contribution >= 0.6 is 20.8 Å². The molecule has 1 atom stereocenters. The summed E-state index contributed by atoms with van der Waals surface area (Å²) in [5, 5.41) is 11.9. The van der Waals surface area contributed by atoms with E-state index in [4.69, 9.17) is 21.4 Å². The second-order valence-electron chi connectivity index (χ2n) is 8.77. The van der Waals surface area contributed by atoms with Gasteiger partial charge < -0.3 is 20.1 Å². The van der Waals surface area contributed by atoms with Gasteiger partial charge in [0, 0.05) is 31.7 Å². The molecule has 0 radical (unpaired) electrons. The molecule has 2 N–H and O–H groups in total. The van der Waals surface area contributed by atoms with Crippen molar-refractivity contribution >= 4 is 38.0 Å². The Bertz CT molecular complexity index is 1070. The zero-order valence-corrected chi connectivity index (χ0v) is 22.1. The highest BCUT2D eigenvalue weighted by Crippen LogP contribution is 2.27. The van der Waals surface area contributed by atoms with Crippen molar-refractivity contribution in [2.24, 2.45) is 0 Å². The number of ether oxygens (including phenoxy) is 1. The van der Waals surface area contributed by atoms with E-state index in [1.165, 1.54) is 27.0 Å². The third-order valence-electron chi connectivity index (χ3n) is 5.14. The van der Waals surface area contributed by atoms with Gasteiger partial charge in [-0.05, 0) is 51.9 Å². The number of rotatable bonds is 6. The van der Waals surface area contributed by atoms with Crippen molar-refractivity contribution in [3.8, 4) is 5.88 Å². The van der Waals surface area contributed by atoms with Crippen LogP contribution in [0.1, 0.15) is 52.1 Å². The predicted octanol–water partition coefficient (Wildman–Crippen LogP) is 2.80. The minimum Gasteiger partial charge on any atom is -0.471 e. The van der Waals surface area contributed by atoms with Crippen molar-refractivity contribution in [1.82, 2.24) is 14.9 Å². The maximum Gasteiger partial charge on any atom is 0.277 e. The topological polar surface area (TPSA) is 96.7 Å². The number of halogens is 2. The number of benzene rings is 1. The molecule has 1 aromatic carbocycles. The number of hydrogen-bond acceptors (Lipinski definition) is 6. The first kappa shape index (κ1) is 28.0. The lowest BCUT2D eigenvalue weighted by Crippen LogP contribution is -2.39. The summed E-state index contributed by atoms with van der Waals surface area (Å²) in [7, 11) is 3.93. The molecule has 34 heavy (non-hydrogen) atoms. The molecule has 1 unspecified atom stereocenters. The lowest BCUT2D eigenvalue weighted by molar-refractivity contribution is -0.135. The molecular weight excluding hydrogens is 482 g/mol. The second-order valence-corrected chi connectivity index (χ2v) is 9.82. The Morgan fingerprint density at radius 3 is 2.44 bits per heavy atom. The van der Waals surface area contributed by atoms with E-state index in [0.29, 0.717) is 11.5 Å². The quantitative estimate of drug-likeness (QED) is 0.575. The van der Waals surface area contributed by atoms with Crippen LogP contribution in [0.25, 0.3) is 0 Å². The molecule has 1 aliphatic heterocycles. The van der Waals surface area contributed by atoms with Gasteiger partial charge in [-0.25, -0.2) is 4.39 Å². The van der Waals surface area contributed by atoms with E-state index >= 15 is 0 Å². The molecule has 8 nitrogen and oxygen atoms in total. The Morgan fingerprint density at radius 2 is 1.97 bits per heavy atom. The van der Waals surface area contributed by atoms with Gasteiger partial charge in [-0.1, -0.05) is 23.7 Å². The van der Waals surface area contributed by atoms with Crippen LogP contribution in [-0.4, -0.2) is 46.3 Å². The van der Waals surface area contributed by atoms with Crippen LogP contribution < -0.4 is 25.8 Å². The van der Waals surface area contributed by atoms with Gasteiger partial charge in [-0.3, -0.25) is 14.2 Å². The molecule has 0 aliphatic carbocycles. The van der Waals surface area contributed by atoms with Crippen molar-refractivity contribution in [1.29, 1.82) is 0 Å². The number of carbonyl (C=O) groups excluding carboxylic acids is 1. The van der Waals surface area contributed by atoms with E-state index in [-0.39, 0.29) is 40.8 Å². The number of hydrogen-bond donors (Lipinski definition) is 2. The fourth-order valence-electron chi connectivity index (χ4n) is 3.32. The van der Waals surface area contributed by atoms with E-state index in [1.54, 1.807) is 16.7 Å². The summed E-state index contributed by atoms with van der Waals surface area (Å²) in [4.78, 5) is 29.8. The Labute approximate surface area is 206 Å². The van der Waals surface area contributed by atoms with Crippen molar-refractivity contribution in [2.75, 3.05) is 25.0 Å². The molecule has 1 amide bonds. The van der Waals surface area contributed by atoms with Gasteiger partial charge >= 0.3 is 0 Å². The summed E-state index contributed by atoms with van der Waals surface area (Å²) < 4.78 is 21.2. The lowest BCUT2D eigenvalue weighted by atomic mass is 10.1. The number of aliphatic hydroxyl groups is 1. The highest BCUT2D eigenvalue weighted by atomic mass is 35.5. The zero-order valence-electron chi connectivity index (χ0n) is 20.2. The highest BCUT2D eigenvalue weighted by molar-refractivity contribution is 7.27. The number of nitrogens with one attached hydrogen (secondary N) is 1. The van der Waals surface area contributed by atoms with E-state index < -0.39 is 5.60 Å². The van der Waals surface area contributed by atoms with Gasteiger partial charge in [-0.2, -0.15) is 4.98 Å². The molecule has 1 aliphatic rings. The van der Waals surface area contributed by atoms with Gasteiger partial charge in [0.05, 0.1) is 0 Å². The molecule has 188 valence electrons. The summed E-state index contributed by atoms with van der Waals surface area (Å²) in [6.45, 7) is 8.33. The molecule has 0 bridgehead atoms. The number of likely N-dealkylation sites (N-methyl/N-ethyl adjacent to an activating group) is 1. The molecule has 0 saturated carbocycles. The van der Waals surface area contributed by atoms with Gasteiger partial charge in [0.25, 0.3) is 11.5 Å². The minimum absolute atomic E-state index is 0.0461. The van der Waals surface area contributed by atoms with Crippen LogP contribution in [0.15, 0.2) is 23.0 Å². The third-order valence-corrected chi connectivity index (χ3v) is 5.82. The number of aromatic nitrogens is 2. The van der Waals surface area contributed by atoms with Crippen LogP contribution in [-0.2, 0) is 11.4 Å². The summed E-state index contributed by atoms with van der Waals surface area (Å²) in [5.41, 5.74) is -1.20. The van der Waals surface area contributed by atoms with Gasteiger partial charge in [0.1, 0.15) is 18.0 Å². The van der Waals surface area contributed by atoms with Gasteiger partial charge in [0.15, 0.2) is 5.02 Å². The molecule has 3 rings (SSSR count). The lowest BCUT2D eigenvalue weighted by Gasteiger charge is -2.24.